The molecule has 2 aromatic rings. The van der Waals surface area contributed by atoms with Crippen LogP contribution in [-0.4, -0.2) is 23.1 Å². The second-order valence-corrected chi connectivity index (χ2v) is 4.62. The summed E-state index contributed by atoms with van der Waals surface area (Å²) in [6, 6.07) is 6.28. The summed E-state index contributed by atoms with van der Waals surface area (Å²) in [5, 5.41) is 0. The number of benzene rings is 1. The minimum Gasteiger partial charge on any atom is -0.493 e. The number of nitrogens with one attached hydrogen (secondary N) is 1. The largest absolute Gasteiger partial charge is 0.493 e. The van der Waals surface area contributed by atoms with E-state index in [4.69, 9.17) is 10.5 Å². The molecule has 4 heteroatoms. The molecule has 2 heterocycles. The fourth-order valence-corrected chi connectivity index (χ4v) is 2.39. The van der Waals surface area contributed by atoms with E-state index >= 15 is 0 Å². The van der Waals surface area contributed by atoms with Gasteiger partial charge in [-0.25, -0.2) is 4.98 Å². The normalized spacial score (nSPS) is 13.4. The molecule has 18 heavy (non-hydrogen) atoms. The molecule has 0 radical (unpaired) electrons. The Labute approximate surface area is 106 Å². The fraction of sp³-hybridized carbons (Fsp3) is 0.357. The van der Waals surface area contributed by atoms with Gasteiger partial charge in [0.1, 0.15) is 11.6 Å². The van der Waals surface area contributed by atoms with Gasteiger partial charge in [0.2, 0.25) is 0 Å². The summed E-state index contributed by atoms with van der Waals surface area (Å²) in [5.74, 6) is 1.97. The lowest BCUT2D eigenvalue weighted by molar-refractivity contribution is 0.357. The minimum atomic E-state index is 0.615. The Morgan fingerprint density at radius 3 is 3.17 bits per heavy atom. The van der Waals surface area contributed by atoms with Crippen molar-refractivity contribution < 1.29 is 4.74 Å². The Hall–Kier alpha value is -1.81. The molecule has 0 saturated heterocycles. The van der Waals surface area contributed by atoms with E-state index in [-0.39, 0.29) is 0 Å². The Kier molecular flexibility index (Phi) is 2.80. The number of H-pyrrole nitrogens is 1. The van der Waals surface area contributed by atoms with Crippen molar-refractivity contribution in [1.29, 1.82) is 0 Å². The predicted molar refractivity (Wildman–Crippen MR) is 70.7 cm³/mol. The maximum absolute atomic E-state index is 5.56. The molecule has 0 spiro atoms. The van der Waals surface area contributed by atoms with E-state index < -0.39 is 0 Å². The van der Waals surface area contributed by atoms with Gasteiger partial charge in [0.05, 0.1) is 12.3 Å². The second kappa shape index (κ2) is 4.46. The Morgan fingerprint density at radius 1 is 1.44 bits per heavy atom. The first-order valence-corrected chi connectivity index (χ1v) is 6.29. The lowest BCUT2D eigenvalue weighted by Crippen LogP contribution is -2.03. The zero-order valence-corrected chi connectivity index (χ0v) is 10.5. The third kappa shape index (κ3) is 1.88. The number of imidazole rings is 1. The summed E-state index contributed by atoms with van der Waals surface area (Å²) in [7, 11) is 0. The van der Waals surface area contributed by atoms with Crippen LogP contribution in [0.5, 0.6) is 5.75 Å². The molecular formula is C14H17N3O. The van der Waals surface area contributed by atoms with Gasteiger partial charge in [-0.3, -0.25) is 0 Å². The molecule has 0 saturated carbocycles. The van der Waals surface area contributed by atoms with Crippen LogP contribution in [0.1, 0.15) is 17.1 Å². The average Bonchev–Trinajstić information content (AvgIpc) is 2.95. The van der Waals surface area contributed by atoms with Crippen molar-refractivity contribution in [1.82, 2.24) is 9.97 Å². The number of hydrogen-bond donors (Lipinski definition) is 2. The van der Waals surface area contributed by atoms with Crippen molar-refractivity contribution in [3.8, 4) is 17.0 Å². The maximum atomic E-state index is 5.56. The minimum absolute atomic E-state index is 0.615. The first-order chi connectivity index (χ1) is 8.78. The highest BCUT2D eigenvalue weighted by Gasteiger charge is 2.15. The highest BCUT2D eigenvalue weighted by atomic mass is 16.5. The molecule has 0 bridgehead atoms. The number of nitrogens with zero attached hydrogens (tertiary/aromatic N) is 1. The van der Waals surface area contributed by atoms with Crippen molar-refractivity contribution in [3.63, 3.8) is 0 Å². The van der Waals surface area contributed by atoms with Crippen LogP contribution in [0, 0.1) is 6.92 Å². The summed E-state index contributed by atoms with van der Waals surface area (Å²) in [4.78, 5) is 7.91. The summed E-state index contributed by atoms with van der Waals surface area (Å²) in [5.41, 5.74) is 10.1. The summed E-state index contributed by atoms with van der Waals surface area (Å²) < 4.78 is 5.52. The van der Waals surface area contributed by atoms with Gasteiger partial charge in [-0.2, -0.15) is 0 Å². The van der Waals surface area contributed by atoms with E-state index in [1.54, 1.807) is 0 Å². The molecule has 3 rings (SSSR count). The van der Waals surface area contributed by atoms with Crippen molar-refractivity contribution in [2.45, 2.75) is 19.8 Å². The van der Waals surface area contributed by atoms with Crippen LogP contribution in [0.3, 0.4) is 0 Å². The van der Waals surface area contributed by atoms with Gasteiger partial charge in [-0.15, -0.1) is 0 Å². The lowest BCUT2D eigenvalue weighted by Gasteiger charge is -2.02. The van der Waals surface area contributed by atoms with Crippen LogP contribution in [0.25, 0.3) is 11.3 Å². The van der Waals surface area contributed by atoms with Gasteiger partial charge in [0.15, 0.2) is 0 Å². The zero-order chi connectivity index (χ0) is 12.5. The molecule has 3 N–H and O–H groups in total. The van der Waals surface area contributed by atoms with Crippen molar-refractivity contribution >= 4 is 0 Å². The number of aromatic amines is 1. The molecule has 1 aliphatic rings. The number of ether oxygens (including phenoxy) is 1. The molecule has 0 unspecified atom stereocenters. The maximum Gasteiger partial charge on any atom is 0.122 e. The zero-order valence-electron chi connectivity index (χ0n) is 10.5. The van der Waals surface area contributed by atoms with Gasteiger partial charge < -0.3 is 15.5 Å². The van der Waals surface area contributed by atoms with E-state index in [9.17, 15) is 0 Å². The van der Waals surface area contributed by atoms with Gasteiger partial charge in [-0.05, 0) is 37.2 Å². The summed E-state index contributed by atoms with van der Waals surface area (Å²) in [6.07, 6.45) is 1.77. The van der Waals surface area contributed by atoms with Crippen LogP contribution in [0.2, 0.25) is 0 Å². The highest BCUT2D eigenvalue weighted by molar-refractivity contribution is 5.65. The van der Waals surface area contributed by atoms with E-state index in [1.165, 1.54) is 5.56 Å². The molecule has 1 aliphatic heterocycles. The standard InChI is InChI=1S/C14H17N3O/c1-9-14(17-13(16-9)4-6-15)11-2-3-12-10(8-11)5-7-18-12/h2-3,8H,4-7,15H2,1H3,(H,16,17). The van der Waals surface area contributed by atoms with E-state index in [1.807, 2.05) is 13.0 Å². The van der Waals surface area contributed by atoms with Crippen molar-refractivity contribution in [3.05, 3.63) is 35.3 Å². The fourth-order valence-electron chi connectivity index (χ4n) is 2.39. The third-order valence-electron chi connectivity index (χ3n) is 3.28. The van der Waals surface area contributed by atoms with Gasteiger partial charge in [-0.1, -0.05) is 0 Å². The average molecular weight is 243 g/mol. The second-order valence-electron chi connectivity index (χ2n) is 4.62. The van der Waals surface area contributed by atoms with Crippen LogP contribution < -0.4 is 10.5 Å². The molecule has 4 nitrogen and oxygen atoms in total. The highest BCUT2D eigenvalue weighted by Crippen LogP contribution is 2.30. The smallest absolute Gasteiger partial charge is 0.122 e. The van der Waals surface area contributed by atoms with Crippen LogP contribution >= 0.6 is 0 Å². The molecule has 0 fully saturated rings. The third-order valence-corrected chi connectivity index (χ3v) is 3.28. The number of nitrogens with two attached hydrogens (primary N) is 1. The van der Waals surface area contributed by atoms with Gasteiger partial charge in [0, 0.05) is 24.1 Å². The Morgan fingerprint density at radius 2 is 2.33 bits per heavy atom. The number of hydrogen-bond acceptors (Lipinski definition) is 3. The predicted octanol–water partition coefficient (Wildman–Crippen LogP) is 1.82. The summed E-state index contributed by atoms with van der Waals surface area (Å²) >= 11 is 0. The molecule has 1 aromatic heterocycles. The van der Waals surface area contributed by atoms with E-state index in [2.05, 4.69) is 22.1 Å². The number of rotatable bonds is 3. The molecule has 0 aliphatic carbocycles. The van der Waals surface area contributed by atoms with Crippen LogP contribution in [-0.2, 0) is 12.8 Å². The lowest BCUT2D eigenvalue weighted by atomic mass is 10.1. The molecule has 0 atom stereocenters. The molecule has 94 valence electrons. The van der Waals surface area contributed by atoms with Crippen molar-refractivity contribution in [2.24, 2.45) is 5.73 Å². The first-order valence-electron chi connectivity index (χ1n) is 6.29. The summed E-state index contributed by atoms with van der Waals surface area (Å²) in [6.45, 7) is 3.45. The topological polar surface area (TPSA) is 63.9 Å². The number of aryl methyl sites for hydroxylation is 1. The monoisotopic (exact) mass is 243 g/mol. The SMILES string of the molecule is Cc1[nH]c(CCN)nc1-c1ccc2c(c1)CCO2. The van der Waals surface area contributed by atoms with Gasteiger partial charge >= 0.3 is 0 Å². The number of fused-ring (bicyclic) bond motifs is 1. The van der Waals surface area contributed by atoms with Gasteiger partial charge in [0.25, 0.3) is 0 Å². The first kappa shape index (κ1) is 11.3. The Bertz CT molecular complexity index is 574. The Balaban J connectivity index is 1.99. The number of aromatic nitrogens is 2. The van der Waals surface area contributed by atoms with Crippen molar-refractivity contribution in [2.75, 3.05) is 13.2 Å². The molecular weight excluding hydrogens is 226 g/mol. The van der Waals surface area contributed by atoms with E-state index in [0.717, 1.165) is 48.0 Å². The van der Waals surface area contributed by atoms with Crippen LogP contribution in [0.4, 0.5) is 0 Å². The van der Waals surface area contributed by atoms with Crippen LogP contribution in [0.15, 0.2) is 18.2 Å². The van der Waals surface area contributed by atoms with E-state index in [0.29, 0.717) is 6.54 Å². The molecule has 0 amide bonds. The quantitative estimate of drug-likeness (QED) is 0.864. The molecule has 1 aromatic carbocycles.